The minimum Gasteiger partial charge on any atom is -0.400 e. The fourth-order valence-electron chi connectivity index (χ4n) is 6.51. The third-order valence-corrected chi connectivity index (χ3v) is 13.8. The van der Waals surface area contributed by atoms with Crippen LogP contribution >= 0.6 is 0 Å². The molecule has 298 valence electrons. The van der Waals surface area contributed by atoms with Crippen LogP contribution in [0.25, 0.3) is 5.47 Å². The van der Waals surface area contributed by atoms with E-state index in [-0.39, 0.29) is 36.6 Å². The number of rotatable bonds is 7. The Morgan fingerprint density at radius 2 is 0.667 bits per heavy atom. The molecule has 12 heteroatoms. The Bertz CT molecular complexity index is 1520. The van der Waals surface area contributed by atoms with E-state index < -0.39 is 36.6 Å². The van der Waals surface area contributed by atoms with Crippen LogP contribution in [0.2, 0.25) is 0 Å². The predicted octanol–water partition coefficient (Wildman–Crippen LogP) is 10.0. The molecule has 0 aromatic heterocycles. The van der Waals surface area contributed by atoms with Gasteiger partial charge in [-0.1, -0.05) is 48.4 Å². The van der Waals surface area contributed by atoms with Crippen molar-refractivity contribution in [1.82, 2.24) is 0 Å². The SMILES string of the molecule is C/C(B1OC(C)(C)C(C)(C)O1)=C(C)\C(C)=C(/C)B1OC(C)(C)C(C)(C)O1.CC/C(B1OC(C)(C)C(C)(C)O1)=C(/B1OC(C)(C)C(C)(C)O1)c1ccccc1. The third kappa shape index (κ3) is 8.48. The molecule has 4 aliphatic rings. The lowest BCUT2D eigenvalue weighted by molar-refractivity contribution is 0.00578. The quantitative estimate of drug-likeness (QED) is 0.202. The van der Waals surface area contributed by atoms with Gasteiger partial charge in [0, 0.05) is 0 Å². The van der Waals surface area contributed by atoms with E-state index in [0.717, 1.165) is 45.0 Å². The van der Waals surface area contributed by atoms with Crippen LogP contribution in [0.3, 0.4) is 0 Å². The molecule has 0 N–H and O–H groups in total. The van der Waals surface area contributed by atoms with Crippen molar-refractivity contribution in [3.8, 4) is 0 Å². The Labute approximate surface area is 330 Å². The van der Waals surface area contributed by atoms with Crippen LogP contribution in [0.15, 0.2) is 57.9 Å². The number of hydrogen-bond acceptors (Lipinski definition) is 8. The summed E-state index contributed by atoms with van der Waals surface area (Å²) in [5.41, 5.74) is 4.73. The van der Waals surface area contributed by atoms with E-state index in [1.165, 1.54) is 0 Å². The Morgan fingerprint density at radius 3 is 0.944 bits per heavy atom. The van der Waals surface area contributed by atoms with Crippen LogP contribution in [0.1, 0.15) is 157 Å². The van der Waals surface area contributed by atoms with Gasteiger partial charge >= 0.3 is 28.5 Å². The third-order valence-electron chi connectivity index (χ3n) is 13.8. The average molecular weight is 746 g/mol. The lowest BCUT2D eigenvalue weighted by atomic mass is 9.61. The second-order valence-corrected chi connectivity index (χ2v) is 19.6. The second kappa shape index (κ2) is 15.0. The van der Waals surface area contributed by atoms with Crippen LogP contribution in [0.5, 0.6) is 0 Å². The fourth-order valence-corrected chi connectivity index (χ4v) is 6.51. The number of benzene rings is 1. The van der Waals surface area contributed by atoms with E-state index in [1.807, 2.05) is 18.2 Å². The lowest BCUT2D eigenvalue weighted by Crippen LogP contribution is -2.41. The highest BCUT2D eigenvalue weighted by atomic mass is 16.7. The van der Waals surface area contributed by atoms with Gasteiger partial charge in [-0.25, -0.2) is 0 Å². The van der Waals surface area contributed by atoms with Crippen molar-refractivity contribution in [2.45, 2.75) is 197 Å². The number of allylic oxidation sites excluding steroid dienone is 5. The summed E-state index contributed by atoms with van der Waals surface area (Å²) in [4.78, 5) is 0. The molecule has 0 spiro atoms. The highest BCUT2D eigenvalue weighted by Gasteiger charge is 2.57. The van der Waals surface area contributed by atoms with Crippen molar-refractivity contribution < 1.29 is 37.2 Å². The van der Waals surface area contributed by atoms with Gasteiger partial charge in [-0.2, -0.15) is 0 Å². The molecule has 0 aliphatic carbocycles. The van der Waals surface area contributed by atoms with Crippen LogP contribution < -0.4 is 0 Å². The normalized spacial score (nSPS) is 26.9. The van der Waals surface area contributed by atoms with Crippen LogP contribution in [-0.2, 0) is 37.2 Å². The Morgan fingerprint density at radius 1 is 0.407 bits per heavy atom. The maximum Gasteiger partial charge on any atom is 0.494 e. The molecule has 0 saturated carbocycles. The van der Waals surface area contributed by atoms with Gasteiger partial charge in [-0.15, -0.1) is 0 Å². The summed E-state index contributed by atoms with van der Waals surface area (Å²) in [5, 5.41) is 0. The van der Waals surface area contributed by atoms with Crippen molar-refractivity contribution in [2.75, 3.05) is 0 Å². The Balaban J connectivity index is 0.000000241. The van der Waals surface area contributed by atoms with Gasteiger partial charge in [-0.3, -0.25) is 0 Å². The largest absolute Gasteiger partial charge is 0.494 e. The van der Waals surface area contributed by atoms with Gasteiger partial charge in [0.05, 0.1) is 44.8 Å². The lowest BCUT2D eigenvalue weighted by Gasteiger charge is -2.32. The summed E-state index contributed by atoms with van der Waals surface area (Å²) >= 11 is 0. The fraction of sp³-hybridized carbons (Fsp3) is 0.714. The van der Waals surface area contributed by atoms with E-state index in [2.05, 4.69) is 158 Å². The molecule has 5 rings (SSSR count). The van der Waals surface area contributed by atoms with E-state index in [9.17, 15) is 0 Å². The Kier molecular flexibility index (Phi) is 12.5. The summed E-state index contributed by atoms with van der Waals surface area (Å²) < 4.78 is 50.5. The molecule has 1 aromatic carbocycles. The van der Waals surface area contributed by atoms with E-state index >= 15 is 0 Å². The van der Waals surface area contributed by atoms with E-state index in [4.69, 9.17) is 37.2 Å². The van der Waals surface area contributed by atoms with Crippen molar-refractivity contribution in [2.24, 2.45) is 0 Å². The molecule has 4 fully saturated rings. The minimum atomic E-state index is -0.471. The molecule has 0 radical (unpaired) electrons. The predicted molar refractivity (Wildman–Crippen MR) is 225 cm³/mol. The first-order valence-electron chi connectivity index (χ1n) is 19.9. The Hall–Kier alpha value is -1.62. The van der Waals surface area contributed by atoms with Crippen LogP contribution in [0, 0.1) is 0 Å². The van der Waals surface area contributed by atoms with Gasteiger partial charge in [0.2, 0.25) is 0 Å². The zero-order valence-corrected chi connectivity index (χ0v) is 37.7. The first-order valence-corrected chi connectivity index (χ1v) is 19.9. The van der Waals surface area contributed by atoms with Crippen LogP contribution in [-0.4, -0.2) is 73.3 Å². The molecule has 0 unspecified atom stereocenters. The molecular weight excluding hydrogens is 676 g/mol. The molecule has 4 aliphatic heterocycles. The summed E-state index contributed by atoms with van der Waals surface area (Å²) in [5.74, 6) is 0. The maximum atomic E-state index is 6.44. The highest BCUT2D eigenvalue weighted by molar-refractivity contribution is 6.74. The summed E-state index contributed by atoms with van der Waals surface area (Å²) in [6, 6.07) is 10.3. The summed E-state index contributed by atoms with van der Waals surface area (Å²) in [6.45, 7) is 43.8. The standard InChI is InChI=1S/C22H34B2O4.C20H36B2O4/c1-10-17(23-25-19(2,3)20(4,5)26-23)18(16-14-12-11-13-15-16)24-27-21(6,7)22(8,9)28-24;1-13(15(3)21-23-17(5,6)18(7,8)24-21)14(2)16(4)22-25-19(9,10)20(11,12)26-22/h11-15H,10H2,1-9H3;1-12H3/b18-17-;15-13+,16-14+. The zero-order valence-electron chi connectivity index (χ0n) is 37.7. The smallest absolute Gasteiger partial charge is 0.400 e. The van der Waals surface area contributed by atoms with Gasteiger partial charge in [0.25, 0.3) is 0 Å². The molecular formula is C42H70B4O8. The zero-order chi connectivity index (χ0) is 41.3. The topological polar surface area (TPSA) is 73.8 Å². The van der Waals surface area contributed by atoms with E-state index in [0.29, 0.717) is 0 Å². The van der Waals surface area contributed by atoms with Gasteiger partial charge in [0.1, 0.15) is 0 Å². The van der Waals surface area contributed by atoms with Crippen molar-refractivity contribution in [3.05, 3.63) is 63.5 Å². The monoisotopic (exact) mass is 747 g/mol. The van der Waals surface area contributed by atoms with Gasteiger partial charge in [0.15, 0.2) is 0 Å². The molecule has 0 atom stereocenters. The van der Waals surface area contributed by atoms with E-state index in [1.54, 1.807) is 0 Å². The molecule has 8 nitrogen and oxygen atoms in total. The van der Waals surface area contributed by atoms with Crippen LogP contribution in [0.4, 0.5) is 0 Å². The maximum absolute atomic E-state index is 6.44. The first kappa shape index (κ1) is 45.1. The van der Waals surface area contributed by atoms with Crippen molar-refractivity contribution in [1.29, 1.82) is 0 Å². The molecule has 4 heterocycles. The van der Waals surface area contributed by atoms with Gasteiger partial charge < -0.3 is 37.2 Å². The molecule has 0 bridgehead atoms. The summed E-state index contributed by atoms with van der Waals surface area (Å²) in [7, 11) is -1.56. The summed E-state index contributed by atoms with van der Waals surface area (Å²) in [6.07, 6.45) is 0.783. The van der Waals surface area contributed by atoms with Gasteiger partial charge in [-0.05, 0) is 172 Å². The molecule has 1 aromatic rings. The molecule has 4 saturated heterocycles. The van der Waals surface area contributed by atoms with Crippen molar-refractivity contribution in [3.63, 3.8) is 0 Å². The second-order valence-electron chi connectivity index (χ2n) is 19.6. The number of hydrogen-bond donors (Lipinski definition) is 0. The first-order chi connectivity index (χ1) is 24.3. The highest BCUT2D eigenvalue weighted by Crippen LogP contribution is 2.46. The minimum absolute atomic E-state index is 0.332. The molecule has 0 amide bonds. The molecule has 54 heavy (non-hydrogen) atoms. The van der Waals surface area contributed by atoms with Crippen molar-refractivity contribution >= 4 is 33.9 Å². The average Bonchev–Trinajstić information content (AvgIpc) is 3.58.